The zero-order chi connectivity index (χ0) is 12.5. The van der Waals surface area contributed by atoms with E-state index in [0.29, 0.717) is 0 Å². The lowest BCUT2D eigenvalue weighted by Gasteiger charge is -2.06. The van der Waals surface area contributed by atoms with Crippen molar-refractivity contribution in [3.05, 3.63) is 75.6 Å². The molecule has 0 spiro atoms. The summed E-state index contributed by atoms with van der Waals surface area (Å²) >= 11 is 3.48. The molecule has 0 amide bonds. The first-order valence-electron chi connectivity index (χ1n) is 5.62. The Morgan fingerprint density at radius 3 is 2.44 bits per heavy atom. The van der Waals surface area contributed by atoms with Crippen LogP contribution in [0, 0.1) is 0 Å². The molecule has 3 aromatic rings. The quantitative estimate of drug-likeness (QED) is 0.671. The zero-order valence-electron chi connectivity index (χ0n) is 9.51. The summed E-state index contributed by atoms with van der Waals surface area (Å²) in [5.74, 6) is 0. The molecule has 0 atom stereocenters. The van der Waals surface area contributed by atoms with Crippen LogP contribution in [0.1, 0.15) is 0 Å². The molecular weight excluding hydrogens is 290 g/mol. The van der Waals surface area contributed by atoms with Crippen LogP contribution in [0.15, 0.2) is 70.1 Å². The van der Waals surface area contributed by atoms with Crippen LogP contribution in [0.4, 0.5) is 0 Å². The maximum Gasteiger partial charge on any atom is 0.255 e. The fourth-order valence-corrected chi connectivity index (χ4v) is 2.47. The summed E-state index contributed by atoms with van der Waals surface area (Å²) in [5.41, 5.74) is 2.84. The van der Waals surface area contributed by atoms with E-state index in [0.717, 1.165) is 21.1 Å². The summed E-state index contributed by atoms with van der Waals surface area (Å²) in [6, 6.07) is 17.4. The predicted molar refractivity (Wildman–Crippen MR) is 76.8 cm³/mol. The van der Waals surface area contributed by atoms with E-state index in [-0.39, 0.29) is 5.56 Å². The van der Waals surface area contributed by atoms with Gasteiger partial charge in [-0.1, -0.05) is 30.3 Å². The summed E-state index contributed by atoms with van der Waals surface area (Å²) in [5, 5.41) is 0. The number of aromatic nitrogens is 1. The van der Waals surface area contributed by atoms with Crippen LogP contribution in [0.2, 0.25) is 0 Å². The lowest BCUT2D eigenvalue weighted by Crippen LogP contribution is -2.12. The highest BCUT2D eigenvalue weighted by molar-refractivity contribution is 9.10. The highest BCUT2D eigenvalue weighted by atomic mass is 79.9. The minimum atomic E-state index is -0.0207. The second-order valence-electron chi connectivity index (χ2n) is 4.06. The number of fused-ring (bicyclic) bond motifs is 1. The Hall–Kier alpha value is -1.87. The lowest BCUT2D eigenvalue weighted by molar-refractivity contribution is 1.09. The van der Waals surface area contributed by atoms with Gasteiger partial charge < -0.3 is 0 Å². The Morgan fingerprint density at radius 1 is 0.889 bits per heavy atom. The number of nitrogens with zero attached hydrogens (tertiary/aromatic N) is 1. The van der Waals surface area contributed by atoms with Gasteiger partial charge in [-0.05, 0) is 45.3 Å². The highest BCUT2D eigenvalue weighted by Crippen LogP contribution is 2.22. The molecule has 3 heteroatoms. The van der Waals surface area contributed by atoms with E-state index in [1.165, 1.54) is 0 Å². The molecule has 3 rings (SSSR count). The first kappa shape index (κ1) is 11.2. The average Bonchev–Trinajstić information content (AvgIpc) is 2.41. The summed E-state index contributed by atoms with van der Waals surface area (Å²) in [7, 11) is 0. The Balaban J connectivity index is 2.34. The molecule has 0 aliphatic carbocycles. The normalized spacial score (nSPS) is 10.7. The van der Waals surface area contributed by atoms with Crippen molar-refractivity contribution in [1.29, 1.82) is 0 Å². The van der Waals surface area contributed by atoms with Crippen LogP contribution in [0.25, 0.3) is 16.6 Å². The van der Waals surface area contributed by atoms with E-state index in [2.05, 4.69) is 15.9 Å². The first-order valence-corrected chi connectivity index (χ1v) is 6.41. The summed E-state index contributed by atoms with van der Waals surface area (Å²) in [6.07, 6.45) is 1.78. The third-order valence-electron chi connectivity index (χ3n) is 2.90. The van der Waals surface area contributed by atoms with Crippen molar-refractivity contribution in [2.45, 2.75) is 0 Å². The van der Waals surface area contributed by atoms with Gasteiger partial charge in [-0.15, -0.1) is 0 Å². The molecule has 0 bridgehead atoms. The molecule has 0 fully saturated rings. The second kappa shape index (κ2) is 4.42. The third-order valence-corrected chi connectivity index (χ3v) is 3.57. The van der Waals surface area contributed by atoms with Crippen LogP contribution >= 0.6 is 15.9 Å². The maximum absolute atomic E-state index is 12.1. The molecule has 0 unspecified atom stereocenters. The largest absolute Gasteiger partial charge is 0.283 e. The maximum atomic E-state index is 12.1. The third kappa shape index (κ3) is 1.87. The summed E-state index contributed by atoms with van der Waals surface area (Å²) in [4.78, 5) is 12.1. The van der Waals surface area contributed by atoms with Gasteiger partial charge in [-0.25, -0.2) is 0 Å². The fraction of sp³-hybridized carbons (Fsp3) is 0. The van der Waals surface area contributed by atoms with E-state index in [1.807, 2.05) is 48.5 Å². The van der Waals surface area contributed by atoms with Crippen LogP contribution in [-0.4, -0.2) is 4.40 Å². The Kier molecular flexibility index (Phi) is 2.76. The molecule has 2 nitrogen and oxygen atoms in total. The van der Waals surface area contributed by atoms with Crippen molar-refractivity contribution in [2.75, 3.05) is 0 Å². The van der Waals surface area contributed by atoms with Gasteiger partial charge in [0.1, 0.15) is 0 Å². The number of hydrogen-bond acceptors (Lipinski definition) is 1. The summed E-state index contributed by atoms with van der Waals surface area (Å²) < 4.78 is 2.55. The molecule has 1 aromatic carbocycles. The molecular formula is C15H10BrNO. The van der Waals surface area contributed by atoms with Crippen LogP contribution in [-0.2, 0) is 0 Å². The average molecular weight is 300 g/mol. The van der Waals surface area contributed by atoms with Gasteiger partial charge >= 0.3 is 0 Å². The molecule has 2 heterocycles. The number of rotatable bonds is 1. The van der Waals surface area contributed by atoms with Crippen molar-refractivity contribution in [1.82, 2.24) is 4.40 Å². The molecule has 0 saturated heterocycles. The molecule has 0 aliphatic heterocycles. The van der Waals surface area contributed by atoms with E-state index >= 15 is 0 Å². The van der Waals surface area contributed by atoms with Crippen molar-refractivity contribution in [3.63, 3.8) is 0 Å². The minimum Gasteiger partial charge on any atom is -0.283 e. The molecule has 18 heavy (non-hydrogen) atoms. The van der Waals surface area contributed by atoms with Crippen molar-refractivity contribution in [3.8, 4) is 11.1 Å². The number of benzene rings is 1. The molecule has 88 valence electrons. The van der Waals surface area contributed by atoms with Gasteiger partial charge in [0, 0.05) is 16.7 Å². The zero-order valence-corrected chi connectivity index (χ0v) is 11.1. The number of halogens is 1. The first-order chi connectivity index (χ1) is 8.75. The second-order valence-corrected chi connectivity index (χ2v) is 4.91. The molecule has 0 aliphatic rings. The van der Waals surface area contributed by atoms with Crippen LogP contribution in [0.3, 0.4) is 0 Å². The fourth-order valence-electron chi connectivity index (χ4n) is 2.01. The van der Waals surface area contributed by atoms with E-state index in [9.17, 15) is 4.79 Å². The topological polar surface area (TPSA) is 21.5 Å². The van der Waals surface area contributed by atoms with Crippen molar-refractivity contribution >= 4 is 21.4 Å². The van der Waals surface area contributed by atoms with Crippen LogP contribution in [0.5, 0.6) is 0 Å². The van der Waals surface area contributed by atoms with Gasteiger partial charge in [0.2, 0.25) is 0 Å². The van der Waals surface area contributed by atoms with Gasteiger partial charge in [0.05, 0.1) is 5.52 Å². The number of hydrogen-bond donors (Lipinski definition) is 0. The monoisotopic (exact) mass is 299 g/mol. The van der Waals surface area contributed by atoms with E-state index in [4.69, 9.17) is 0 Å². The van der Waals surface area contributed by atoms with Gasteiger partial charge in [-0.2, -0.15) is 0 Å². The predicted octanol–water partition coefficient (Wildman–Crippen LogP) is 3.73. The molecule has 0 saturated carbocycles. The van der Waals surface area contributed by atoms with Gasteiger partial charge in [0.25, 0.3) is 5.56 Å². The van der Waals surface area contributed by atoms with E-state index in [1.54, 1.807) is 16.7 Å². The van der Waals surface area contributed by atoms with Crippen LogP contribution < -0.4 is 5.56 Å². The standard InChI is InChI=1S/C15H10BrNO/c16-13-7-4-8-17-14(13)9-12(10-15(17)18)11-5-2-1-3-6-11/h1-10H. The summed E-state index contributed by atoms with van der Waals surface area (Å²) in [6.45, 7) is 0. The smallest absolute Gasteiger partial charge is 0.255 e. The SMILES string of the molecule is O=c1cc(-c2ccccc2)cc2c(Br)cccn12. The van der Waals surface area contributed by atoms with Gasteiger partial charge in [-0.3, -0.25) is 9.20 Å². The Morgan fingerprint density at radius 2 is 1.67 bits per heavy atom. The Labute approximate surface area is 113 Å². The van der Waals surface area contributed by atoms with E-state index < -0.39 is 0 Å². The highest BCUT2D eigenvalue weighted by Gasteiger charge is 2.04. The van der Waals surface area contributed by atoms with Crippen molar-refractivity contribution in [2.24, 2.45) is 0 Å². The number of pyridine rings is 2. The Bertz CT molecular complexity index is 762. The molecule has 0 radical (unpaired) electrons. The minimum absolute atomic E-state index is 0.0207. The van der Waals surface area contributed by atoms with Crippen molar-refractivity contribution < 1.29 is 0 Å². The van der Waals surface area contributed by atoms with Gasteiger partial charge in [0.15, 0.2) is 0 Å². The molecule has 2 aromatic heterocycles. The lowest BCUT2D eigenvalue weighted by atomic mass is 10.1. The molecule has 0 N–H and O–H groups in total.